The third-order valence-corrected chi connectivity index (χ3v) is 3.04. The molecule has 0 aliphatic rings. The van der Waals surface area contributed by atoms with Crippen LogP contribution in [0.5, 0.6) is 0 Å². The molecule has 0 atom stereocenters. The van der Waals surface area contributed by atoms with Crippen molar-refractivity contribution in [3.8, 4) is 0 Å². The third kappa shape index (κ3) is 2.47. The molecule has 4 heteroatoms. The second-order valence-electron chi connectivity index (χ2n) is 4.53. The summed E-state index contributed by atoms with van der Waals surface area (Å²) in [7, 11) is 1.91. The fraction of sp³-hybridized carbons (Fsp3) is 0.357. The van der Waals surface area contributed by atoms with Crippen LogP contribution in [0.25, 0.3) is 0 Å². The SMILES string of the molecule is CCc1nn(C)c(NCc2cccc(C)c2)c1N. The van der Waals surface area contributed by atoms with Gasteiger partial charge in [0.25, 0.3) is 0 Å². The van der Waals surface area contributed by atoms with Crippen LogP contribution in [-0.2, 0) is 20.0 Å². The molecule has 0 aliphatic heterocycles. The van der Waals surface area contributed by atoms with Crippen molar-refractivity contribution in [2.45, 2.75) is 26.8 Å². The van der Waals surface area contributed by atoms with Crippen molar-refractivity contribution in [1.29, 1.82) is 0 Å². The first kappa shape index (κ1) is 12.5. The van der Waals surface area contributed by atoms with E-state index >= 15 is 0 Å². The summed E-state index contributed by atoms with van der Waals surface area (Å²) in [5.41, 5.74) is 10.3. The van der Waals surface area contributed by atoms with Gasteiger partial charge in [0, 0.05) is 13.6 Å². The Morgan fingerprint density at radius 2 is 2.17 bits per heavy atom. The smallest absolute Gasteiger partial charge is 0.148 e. The van der Waals surface area contributed by atoms with E-state index in [1.807, 2.05) is 11.7 Å². The Morgan fingerprint density at radius 1 is 1.39 bits per heavy atom. The average molecular weight is 244 g/mol. The summed E-state index contributed by atoms with van der Waals surface area (Å²) in [6.07, 6.45) is 0.853. The van der Waals surface area contributed by atoms with Crippen LogP contribution in [0, 0.1) is 6.92 Å². The number of aryl methyl sites for hydroxylation is 3. The highest BCUT2D eigenvalue weighted by atomic mass is 15.3. The Morgan fingerprint density at radius 3 is 2.78 bits per heavy atom. The molecule has 96 valence electrons. The molecule has 4 nitrogen and oxygen atoms in total. The van der Waals surface area contributed by atoms with Gasteiger partial charge in [-0.05, 0) is 18.9 Å². The van der Waals surface area contributed by atoms with Crippen molar-refractivity contribution in [3.63, 3.8) is 0 Å². The number of aromatic nitrogens is 2. The predicted octanol–water partition coefficient (Wildman–Crippen LogP) is 2.49. The van der Waals surface area contributed by atoms with Gasteiger partial charge in [-0.1, -0.05) is 36.8 Å². The zero-order valence-corrected chi connectivity index (χ0v) is 11.2. The van der Waals surface area contributed by atoms with E-state index in [1.165, 1.54) is 11.1 Å². The second kappa shape index (κ2) is 5.12. The maximum absolute atomic E-state index is 6.06. The van der Waals surface area contributed by atoms with E-state index in [0.29, 0.717) is 0 Å². The summed E-state index contributed by atoms with van der Waals surface area (Å²) in [5, 5.41) is 7.74. The number of benzene rings is 1. The van der Waals surface area contributed by atoms with Crippen LogP contribution in [0.1, 0.15) is 23.7 Å². The highest BCUT2D eigenvalue weighted by molar-refractivity contribution is 5.65. The second-order valence-corrected chi connectivity index (χ2v) is 4.53. The van der Waals surface area contributed by atoms with Crippen LogP contribution in [0.2, 0.25) is 0 Å². The maximum atomic E-state index is 6.06. The Balaban J connectivity index is 2.13. The molecule has 0 bridgehead atoms. The predicted molar refractivity (Wildman–Crippen MR) is 75.5 cm³/mol. The van der Waals surface area contributed by atoms with Gasteiger partial charge in [0.2, 0.25) is 0 Å². The summed E-state index contributed by atoms with van der Waals surface area (Å²) in [6.45, 7) is 4.91. The van der Waals surface area contributed by atoms with E-state index in [9.17, 15) is 0 Å². The first-order chi connectivity index (χ1) is 8.61. The van der Waals surface area contributed by atoms with Crippen molar-refractivity contribution < 1.29 is 0 Å². The van der Waals surface area contributed by atoms with E-state index < -0.39 is 0 Å². The standard InChI is InChI=1S/C14H20N4/c1-4-12-13(15)14(18(3)17-12)16-9-11-7-5-6-10(2)8-11/h5-8,16H,4,9,15H2,1-3H3. The van der Waals surface area contributed by atoms with E-state index in [1.54, 1.807) is 0 Å². The van der Waals surface area contributed by atoms with Gasteiger partial charge in [0.05, 0.1) is 11.4 Å². The van der Waals surface area contributed by atoms with Crippen molar-refractivity contribution >= 4 is 11.5 Å². The molecule has 18 heavy (non-hydrogen) atoms. The highest BCUT2D eigenvalue weighted by Crippen LogP contribution is 2.22. The van der Waals surface area contributed by atoms with E-state index in [0.717, 1.165) is 30.2 Å². The zero-order chi connectivity index (χ0) is 13.1. The highest BCUT2D eigenvalue weighted by Gasteiger charge is 2.11. The van der Waals surface area contributed by atoms with Crippen LogP contribution < -0.4 is 11.1 Å². The zero-order valence-electron chi connectivity index (χ0n) is 11.2. The Kier molecular flexibility index (Phi) is 3.55. The molecule has 3 N–H and O–H groups in total. The van der Waals surface area contributed by atoms with Gasteiger partial charge in [-0.2, -0.15) is 5.10 Å². The average Bonchev–Trinajstić information content (AvgIpc) is 2.62. The Bertz CT molecular complexity index is 543. The van der Waals surface area contributed by atoms with E-state index in [-0.39, 0.29) is 0 Å². The molecular formula is C14H20N4. The van der Waals surface area contributed by atoms with Crippen LogP contribution in [0.3, 0.4) is 0 Å². The lowest BCUT2D eigenvalue weighted by molar-refractivity contribution is 0.747. The molecule has 0 fully saturated rings. The minimum Gasteiger partial charge on any atom is -0.394 e. The first-order valence-corrected chi connectivity index (χ1v) is 6.22. The molecule has 1 heterocycles. The van der Waals surface area contributed by atoms with Gasteiger partial charge < -0.3 is 11.1 Å². The topological polar surface area (TPSA) is 55.9 Å². The molecule has 0 unspecified atom stereocenters. The van der Waals surface area contributed by atoms with Gasteiger partial charge in [-0.3, -0.25) is 4.68 Å². The first-order valence-electron chi connectivity index (χ1n) is 6.22. The van der Waals surface area contributed by atoms with Crippen molar-refractivity contribution in [1.82, 2.24) is 9.78 Å². The fourth-order valence-corrected chi connectivity index (χ4v) is 2.07. The quantitative estimate of drug-likeness (QED) is 0.868. The number of anilines is 2. The normalized spacial score (nSPS) is 10.6. The molecule has 1 aromatic heterocycles. The number of hydrogen-bond acceptors (Lipinski definition) is 3. The molecule has 2 rings (SSSR count). The lowest BCUT2D eigenvalue weighted by Gasteiger charge is -2.08. The Hall–Kier alpha value is -1.97. The minimum absolute atomic E-state index is 0.757. The van der Waals surface area contributed by atoms with Crippen molar-refractivity contribution in [2.24, 2.45) is 7.05 Å². The molecule has 0 saturated carbocycles. The molecule has 0 saturated heterocycles. The van der Waals surface area contributed by atoms with Crippen molar-refractivity contribution in [2.75, 3.05) is 11.1 Å². The maximum Gasteiger partial charge on any atom is 0.148 e. The van der Waals surface area contributed by atoms with E-state index in [4.69, 9.17) is 5.73 Å². The molecule has 0 amide bonds. The van der Waals surface area contributed by atoms with E-state index in [2.05, 4.69) is 48.5 Å². The molecule has 0 spiro atoms. The van der Waals surface area contributed by atoms with Gasteiger partial charge >= 0.3 is 0 Å². The molecular weight excluding hydrogens is 224 g/mol. The van der Waals surface area contributed by atoms with Crippen LogP contribution in [-0.4, -0.2) is 9.78 Å². The minimum atomic E-state index is 0.757. The summed E-state index contributed by atoms with van der Waals surface area (Å²) >= 11 is 0. The summed E-state index contributed by atoms with van der Waals surface area (Å²) in [4.78, 5) is 0. The largest absolute Gasteiger partial charge is 0.394 e. The number of rotatable bonds is 4. The fourth-order valence-electron chi connectivity index (χ4n) is 2.07. The summed E-state index contributed by atoms with van der Waals surface area (Å²) < 4.78 is 1.81. The molecule has 1 aromatic carbocycles. The summed E-state index contributed by atoms with van der Waals surface area (Å²) in [5.74, 6) is 0.897. The number of nitrogens with zero attached hydrogens (tertiary/aromatic N) is 2. The summed E-state index contributed by atoms with van der Waals surface area (Å²) in [6, 6.07) is 8.43. The van der Waals surface area contributed by atoms with Gasteiger partial charge in [0.1, 0.15) is 5.82 Å². The number of nitrogen functional groups attached to an aromatic ring is 1. The number of nitrogens with one attached hydrogen (secondary N) is 1. The van der Waals surface area contributed by atoms with Crippen molar-refractivity contribution in [3.05, 3.63) is 41.1 Å². The third-order valence-electron chi connectivity index (χ3n) is 3.04. The van der Waals surface area contributed by atoms with Crippen LogP contribution >= 0.6 is 0 Å². The Labute approximate surface area is 108 Å². The number of nitrogens with two attached hydrogens (primary N) is 1. The van der Waals surface area contributed by atoms with Gasteiger partial charge in [-0.15, -0.1) is 0 Å². The van der Waals surface area contributed by atoms with Gasteiger partial charge in [-0.25, -0.2) is 0 Å². The van der Waals surface area contributed by atoms with Gasteiger partial charge in [0.15, 0.2) is 0 Å². The van der Waals surface area contributed by atoms with Crippen LogP contribution in [0.4, 0.5) is 11.5 Å². The molecule has 0 aliphatic carbocycles. The number of hydrogen-bond donors (Lipinski definition) is 2. The lowest BCUT2D eigenvalue weighted by Crippen LogP contribution is -2.06. The lowest BCUT2D eigenvalue weighted by atomic mass is 10.1. The molecule has 2 aromatic rings. The van der Waals surface area contributed by atoms with Crippen LogP contribution in [0.15, 0.2) is 24.3 Å². The molecule has 0 radical (unpaired) electrons. The monoisotopic (exact) mass is 244 g/mol.